The van der Waals surface area contributed by atoms with Crippen molar-refractivity contribution in [3.8, 4) is 0 Å². The highest BCUT2D eigenvalue weighted by Gasteiger charge is 2.37. The molecule has 5 nitrogen and oxygen atoms in total. The molecule has 0 aromatic heterocycles. The molecule has 112 valence electrons. The van der Waals surface area contributed by atoms with E-state index in [1.165, 1.54) is 0 Å². The predicted molar refractivity (Wildman–Crippen MR) is 75.8 cm³/mol. The van der Waals surface area contributed by atoms with Crippen LogP contribution in [-0.4, -0.2) is 40.6 Å². The molecular formula is C16H19NO4. The third-order valence-electron chi connectivity index (χ3n) is 4.31. The van der Waals surface area contributed by atoms with Crippen LogP contribution in [0.15, 0.2) is 24.3 Å². The van der Waals surface area contributed by atoms with Gasteiger partial charge in [0.2, 0.25) is 0 Å². The van der Waals surface area contributed by atoms with Crippen molar-refractivity contribution in [1.82, 2.24) is 4.90 Å². The number of amides is 1. The molecule has 3 unspecified atom stereocenters. The summed E-state index contributed by atoms with van der Waals surface area (Å²) in [5, 5.41) is 9.42. The highest BCUT2D eigenvalue weighted by Crippen LogP contribution is 2.30. The molecule has 0 aliphatic carbocycles. The lowest BCUT2D eigenvalue weighted by molar-refractivity contribution is -0.146. The van der Waals surface area contributed by atoms with Crippen molar-refractivity contribution in [2.45, 2.75) is 44.4 Å². The Bertz CT molecular complexity index is 571. The van der Waals surface area contributed by atoms with Crippen LogP contribution in [0.5, 0.6) is 0 Å². The Hall–Kier alpha value is -1.88. The quantitative estimate of drug-likeness (QED) is 0.901. The number of carbonyl (C=O) groups is 2. The zero-order chi connectivity index (χ0) is 15.0. The number of aliphatic carboxylic acids is 1. The topological polar surface area (TPSA) is 66.8 Å². The van der Waals surface area contributed by atoms with Crippen LogP contribution in [0.3, 0.4) is 0 Å². The maximum absolute atomic E-state index is 12.5. The normalized spacial score (nSPS) is 28.2. The number of nitrogens with zero attached hydrogens (tertiary/aromatic N) is 1. The van der Waals surface area contributed by atoms with Gasteiger partial charge in [0, 0.05) is 13.1 Å². The molecule has 0 spiro atoms. The highest BCUT2D eigenvalue weighted by atomic mass is 16.5. The van der Waals surface area contributed by atoms with Crippen LogP contribution in [0, 0.1) is 0 Å². The smallest absolute Gasteiger partial charge is 0.312 e. The van der Waals surface area contributed by atoms with E-state index < -0.39 is 18.0 Å². The number of carboxylic acid groups (broad SMARTS) is 1. The largest absolute Gasteiger partial charge is 0.481 e. The van der Waals surface area contributed by atoms with Crippen molar-refractivity contribution in [3.05, 3.63) is 35.4 Å². The van der Waals surface area contributed by atoms with Crippen LogP contribution >= 0.6 is 0 Å². The number of hydrogen-bond acceptors (Lipinski definition) is 3. The first-order valence-corrected chi connectivity index (χ1v) is 7.31. The van der Waals surface area contributed by atoms with Crippen LogP contribution in [0.1, 0.15) is 36.8 Å². The van der Waals surface area contributed by atoms with Crippen LogP contribution in [0.2, 0.25) is 0 Å². The molecule has 0 radical (unpaired) electrons. The Morgan fingerprint density at radius 2 is 2.05 bits per heavy atom. The van der Waals surface area contributed by atoms with Crippen LogP contribution in [0.25, 0.3) is 0 Å². The Balaban J connectivity index is 1.83. The summed E-state index contributed by atoms with van der Waals surface area (Å²) >= 11 is 0. The van der Waals surface area contributed by atoms with Gasteiger partial charge in [0.05, 0.1) is 12.0 Å². The summed E-state index contributed by atoms with van der Waals surface area (Å²) in [4.78, 5) is 25.7. The van der Waals surface area contributed by atoms with E-state index in [1.54, 1.807) is 4.90 Å². The second-order valence-corrected chi connectivity index (χ2v) is 5.82. The number of carbonyl (C=O) groups excluding carboxylic acids is 1. The molecule has 5 heteroatoms. The van der Waals surface area contributed by atoms with E-state index in [-0.39, 0.29) is 18.6 Å². The van der Waals surface area contributed by atoms with Gasteiger partial charge in [-0.25, -0.2) is 0 Å². The molecule has 2 heterocycles. The molecular weight excluding hydrogens is 270 g/mol. The summed E-state index contributed by atoms with van der Waals surface area (Å²) in [6, 6.07) is 7.45. The first-order valence-electron chi connectivity index (χ1n) is 7.31. The van der Waals surface area contributed by atoms with Gasteiger partial charge in [0.15, 0.2) is 0 Å². The standard InChI is InChI=1S/C16H19NO4/c1-10-6-7-14(21-10)15(18)17-8-11-4-2-3-5-12(11)13(9-17)16(19)20/h2-5,10,13-14H,6-9H2,1H3,(H,19,20). The van der Waals surface area contributed by atoms with Gasteiger partial charge in [-0.15, -0.1) is 0 Å². The van der Waals surface area contributed by atoms with Crippen molar-refractivity contribution < 1.29 is 19.4 Å². The predicted octanol–water partition coefficient (Wildman–Crippen LogP) is 1.76. The number of ether oxygens (including phenoxy) is 1. The number of benzene rings is 1. The van der Waals surface area contributed by atoms with Crippen molar-refractivity contribution in [2.24, 2.45) is 0 Å². The number of fused-ring (bicyclic) bond motifs is 1. The second-order valence-electron chi connectivity index (χ2n) is 5.82. The summed E-state index contributed by atoms with van der Waals surface area (Å²) in [7, 11) is 0. The molecule has 1 aromatic carbocycles. The van der Waals surface area contributed by atoms with Crippen molar-refractivity contribution in [3.63, 3.8) is 0 Å². The molecule has 3 atom stereocenters. The zero-order valence-corrected chi connectivity index (χ0v) is 12.0. The van der Waals surface area contributed by atoms with Gasteiger partial charge in [-0.3, -0.25) is 9.59 Å². The van der Waals surface area contributed by atoms with Gasteiger partial charge in [-0.1, -0.05) is 24.3 Å². The first-order chi connectivity index (χ1) is 10.1. The van der Waals surface area contributed by atoms with Gasteiger partial charge in [0.1, 0.15) is 6.10 Å². The lowest BCUT2D eigenvalue weighted by atomic mass is 9.89. The van der Waals surface area contributed by atoms with Gasteiger partial charge < -0.3 is 14.7 Å². The molecule has 21 heavy (non-hydrogen) atoms. The van der Waals surface area contributed by atoms with E-state index in [9.17, 15) is 14.7 Å². The van der Waals surface area contributed by atoms with E-state index in [2.05, 4.69) is 0 Å². The summed E-state index contributed by atoms with van der Waals surface area (Å²) in [5.74, 6) is -1.63. The SMILES string of the molecule is CC1CCC(C(=O)N2Cc3ccccc3C(C(=O)O)C2)O1. The van der Waals surface area contributed by atoms with Crippen molar-refractivity contribution in [1.29, 1.82) is 0 Å². The molecule has 1 amide bonds. The molecule has 2 aliphatic heterocycles. The first kappa shape index (κ1) is 14.1. The summed E-state index contributed by atoms with van der Waals surface area (Å²) in [6.45, 7) is 2.64. The van der Waals surface area contributed by atoms with Crippen LogP contribution in [0.4, 0.5) is 0 Å². The molecule has 1 N–H and O–H groups in total. The molecule has 1 aromatic rings. The number of hydrogen-bond donors (Lipinski definition) is 1. The van der Waals surface area contributed by atoms with E-state index in [1.807, 2.05) is 31.2 Å². The van der Waals surface area contributed by atoms with Gasteiger partial charge in [-0.05, 0) is 30.9 Å². The van der Waals surface area contributed by atoms with E-state index >= 15 is 0 Å². The lowest BCUT2D eigenvalue weighted by Crippen LogP contribution is -2.45. The Morgan fingerprint density at radius 1 is 1.29 bits per heavy atom. The fraction of sp³-hybridized carbons (Fsp3) is 0.500. The maximum atomic E-state index is 12.5. The number of carboxylic acids is 1. The van der Waals surface area contributed by atoms with Crippen molar-refractivity contribution in [2.75, 3.05) is 6.54 Å². The fourth-order valence-electron chi connectivity index (χ4n) is 3.17. The molecule has 2 aliphatic rings. The zero-order valence-electron chi connectivity index (χ0n) is 12.0. The molecule has 1 saturated heterocycles. The second kappa shape index (κ2) is 5.48. The van der Waals surface area contributed by atoms with Gasteiger partial charge in [0.25, 0.3) is 5.91 Å². The third-order valence-corrected chi connectivity index (χ3v) is 4.31. The van der Waals surface area contributed by atoms with Crippen molar-refractivity contribution >= 4 is 11.9 Å². The highest BCUT2D eigenvalue weighted by molar-refractivity contribution is 5.84. The lowest BCUT2D eigenvalue weighted by Gasteiger charge is -2.34. The molecule has 3 rings (SSSR count). The summed E-state index contributed by atoms with van der Waals surface area (Å²) in [5.41, 5.74) is 1.73. The van der Waals surface area contributed by atoms with Gasteiger partial charge >= 0.3 is 5.97 Å². The maximum Gasteiger partial charge on any atom is 0.312 e. The minimum absolute atomic E-state index is 0.0832. The minimum Gasteiger partial charge on any atom is -0.481 e. The summed E-state index contributed by atoms with van der Waals surface area (Å²) in [6.07, 6.45) is 1.28. The van der Waals surface area contributed by atoms with E-state index in [0.29, 0.717) is 6.54 Å². The molecule has 1 fully saturated rings. The van der Waals surface area contributed by atoms with Crippen LogP contribution < -0.4 is 0 Å². The van der Waals surface area contributed by atoms with Gasteiger partial charge in [-0.2, -0.15) is 0 Å². The van der Waals surface area contributed by atoms with Crippen LogP contribution in [-0.2, 0) is 20.9 Å². The third kappa shape index (κ3) is 2.65. The Morgan fingerprint density at radius 3 is 2.71 bits per heavy atom. The molecule has 0 bridgehead atoms. The average molecular weight is 289 g/mol. The Kier molecular flexibility index (Phi) is 3.68. The fourth-order valence-corrected chi connectivity index (χ4v) is 3.17. The van der Waals surface area contributed by atoms with E-state index in [4.69, 9.17) is 4.74 Å². The minimum atomic E-state index is -0.888. The van der Waals surface area contributed by atoms with E-state index in [0.717, 1.165) is 24.0 Å². The number of rotatable bonds is 2. The Labute approximate surface area is 123 Å². The average Bonchev–Trinajstić information content (AvgIpc) is 2.91. The monoisotopic (exact) mass is 289 g/mol. The summed E-state index contributed by atoms with van der Waals surface area (Å²) < 4.78 is 5.62. The molecule has 0 saturated carbocycles.